The van der Waals surface area contributed by atoms with Gasteiger partial charge >= 0.3 is 0 Å². The third kappa shape index (κ3) is 1.99. The first-order valence-corrected chi connectivity index (χ1v) is 3.17. The molecule has 0 aromatic heterocycles. The van der Waals surface area contributed by atoms with Gasteiger partial charge in [0.15, 0.2) is 0 Å². The Morgan fingerprint density at radius 3 is 2.44 bits per heavy atom. The van der Waals surface area contributed by atoms with Crippen LogP contribution in [-0.2, 0) is 11.0 Å². The Bertz CT molecular complexity index is 162. The van der Waals surface area contributed by atoms with Crippen molar-refractivity contribution in [1.82, 2.24) is 0 Å². The molecule has 0 saturated heterocycles. The molecule has 0 spiro atoms. The van der Waals surface area contributed by atoms with Crippen LogP contribution in [0.5, 0.6) is 0 Å². The standard InChI is InChI=1S/C7H7OSi/c9-8-6-7-4-2-1-3-5-7/h1-5H,6H2. The molecule has 1 aromatic carbocycles. The van der Waals surface area contributed by atoms with E-state index < -0.39 is 0 Å². The summed E-state index contributed by atoms with van der Waals surface area (Å²) >= 11 is 0. The first-order chi connectivity index (χ1) is 4.43. The fraction of sp³-hybridized carbons (Fsp3) is 0.143. The van der Waals surface area contributed by atoms with Crippen molar-refractivity contribution < 1.29 is 4.43 Å². The van der Waals surface area contributed by atoms with Crippen molar-refractivity contribution >= 4 is 10.5 Å². The van der Waals surface area contributed by atoms with Gasteiger partial charge < -0.3 is 4.43 Å². The average molecular weight is 135 g/mol. The van der Waals surface area contributed by atoms with Crippen molar-refractivity contribution in [2.45, 2.75) is 6.61 Å². The van der Waals surface area contributed by atoms with Crippen molar-refractivity contribution in [3.63, 3.8) is 0 Å². The van der Waals surface area contributed by atoms with E-state index in [4.69, 9.17) is 4.43 Å². The van der Waals surface area contributed by atoms with Crippen LogP contribution in [0, 0.1) is 0 Å². The van der Waals surface area contributed by atoms with Crippen molar-refractivity contribution in [3.05, 3.63) is 35.9 Å². The van der Waals surface area contributed by atoms with Gasteiger partial charge in [-0.3, -0.25) is 0 Å². The normalized spacial score (nSPS) is 9.44. The van der Waals surface area contributed by atoms with E-state index >= 15 is 0 Å². The third-order valence-corrected chi connectivity index (χ3v) is 1.23. The molecular formula is C7H7OSi. The zero-order chi connectivity index (χ0) is 6.53. The summed E-state index contributed by atoms with van der Waals surface area (Å²) in [7, 11) is 2.93. The molecule has 1 rings (SSSR count). The number of benzene rings is 1. The topological polar surface area (TPSA) is 9.23 Å². The minimum Gasteiger partial charge on any atom is -0.414 e. The second kappa shape index (κ2) is 3.43. The van der Waals surface area contributed by atoms with Crippen LogP contribution in [0.2, 0.25) is 0 Å². The summed E-state index contributed by atoms with van der Waals surface area (Å²) in [6, 6.07) is 9.98. The number of rotatable bonds is 2. The highest BCUT2D eigenvalue weighted by molar-refractivity contribution is 5.97. The molecule has 0 aliphatic carbocycles. The summed E-state index contributed by atoms with van der Waals surface area (Å²) in [6.45, 7) is 0.623. The van der Waals surface area contributed by atoms with Gasteiger partial charge in [-0.05, 0) is 5.56 Å². The van der Waals surface area contributed by atoms with Crippen LogP contribution in [0.3, 0.4) is 0 Å². The number of hydrogen-bond acceptors (Lipinski definition) is 1. The molecular weight excluding hydrogens is 128 g/mol. The van der Waals surface area contributed by atoms with Gasteiger partial charge in [-0.15, -0.1) is 0 Å². The van der Waals surface area contributed by atoms with E-state index in [1.165, 1.54) is 5.56 Å². The van der Waals surface area contributed by atoms with Gasteiger partial charge in [0.25, 0.3) is 0 Å². The lowest BCUT2D eigenvalue weighted by atomic mass is 10.2. The molecule has 1 nitrogen and oxygen atoms in total. The van der Waals surface area contributed by atoms with E-state index in [1.54, 1.807) is 0 Å². The Balaban J connectivity index is 2.61. The van der Waals surface area contributed by atoms with Gasteiger partial charge in [0.05, 0.1) is 6.61 Å². The quantitative estimate of drug-likeness (QED) is 0.555. The first-order valence-electron chi connectivity index (χ1n) is 2.76. The van der Waals surface area contributed by atoms with E-state index in [9.17, 15) is 0 Å². The van der Waals surface area contributed by atoms with Crippen LogP contribution in [-0.4, -0.2) is 10.5 Å². The second-order valence-electron chi connectivity index (χ2n) is 1.77. The molecule has 2 heteroatoms. The van der Waals surface area contributed by atoms with Crippen LogP contribution in [0.15, 0.2) is 30.3 Å². The molecule has 0 saturated carbocycles. The van der Waals surface area contributed by atoms with E-state index in [-0.39, 0.29) is 0 Å². The third-order valence-electron chi connectivity index (χ3n) is 1.08. The summed E-state index contributed by atoms with van der Waals surface area (Å²) in [4.78, 5) is 0. The van der Waals surface area contributed by atoms with Crippen molar-refractivity contribution in [2.75, 3.05) is 0 Å². The number of hydrogen-bond donors (Lipinski definition) is 0. The molecule has 0 N–H and O–H groups in total. The predicted octanol–water partition coefficient (Wildman–Crippen LogP) is 1.29. The summed E-state index contributed by atoms with van der Waals surface area (Å²) < 4.78 is 4.73. The lowest BCUT2D eigenvalue weighted by Crippen LogP contribution is -1.85. The van der Waals surface area contributed by atoms with Gasteiger partial charge in [0.1, 0.15) is 0 Å². The Morgan fingerprint density at radius 1 is 1.22 bits per heavy atom. The lowest BCUT2D eigenvalue weighted by molar-refractivity contribution is 0.338. The maximum Gasteiger partial charge on any atom is 0.246 e. The largest absolute Gasteiger partial charge is 0.414 e. The molecule has 0 amide bonds. The minimum atomic E-state index is 0.623. The zero-order valence-electron chi connectivity index (χ0n) is 5.00. The molecule has 45 valence electrons. The van der Waals surface area contributed by atoms with Crippen LogP contribution in [0.4, 0.5) is 0 Å². The van der Waals surface area contributed by atoms with E-state index in [1.807, 2.05) is 30.3 Å². The smallest absolute Gasteiger partial charge is 0.246 e. The van der Waals surface area contributed by atoms with E-state index in [0.29, 0.717) is 6.61 Å². The molecule has 0 fully saturated rings. The summed E-state index contributed by atoms with van der Waals surface area (Å²) in [5.41, 5.74) is 1.17. The molecule has 0 atom stereocenters. The van der Waals surface area contributed by atoms with Gasteiger partial charge in [0, 0.05) is 0 Å². The molecule has 1 aromatic rings. The maximum absolute atomic E-state index is 4.73. The molecule has 0 bridgehead atoms. The second-order valence-corrected chi connectivity index (χ2v) is 2.06. The van der Waals surface area contributed by atoms with E-state index in [2.05, 4.69) is 10.5 Å². The lowest BCUT2D eigenvalue weighted by Gasteiger charge is -1.95. The molecule has 3 radical (unpaired) electrons. The van der Waals surface area contributed by atoms with Gasteiger partial charge in [-0.1, -0.05) is 30.3 Å². The highest BCUT2D eigenvalue weighted by Crippen LogP contribution is 1.97. The van der Waals surface area contributed by atoms with Crippen molar-refractivity contribution in [2.24, 2.45) is 0 Å². The summed E-state index contributed by atoms with van der Waals surface area (Å²) in [5, 5.41) is 0. The summed E-state index contributed by atoms with van der Waals surface area (Å²) in [6.07, 6.45) is 0. The average Bonchev–Trinajstić information content (AvgIpc) is 1.91. The Labute approximate surface area is 58.2 Å². The van der Waals surface area contributed by atoms with Crippen LogP contribution < -0.4 is 0 Å². The maximum atomic E-state index is 4.73. The van der Waals surface area contributed by atoms with Crippen LogP contribution in [0.25, 0.3) is 0 Å². The Hall–Kier alpha value is -0.603. The Kier molecular flexibility index (Phi) is 2.48. The van der Waals surface area contributed by atoms with Gasteiger partial charge in [0.2, 0.25) is 10.5 Å². The van der Waals surface area contributed by atoms with Crippen molar-refractivity contribution in [1.29, 1.82) is 0 Å². The SMILES string of the molecule is [Si]OCc1ccccc1. The van der Waals surface area contributed by atoms with E-state index in [0.717, 1.165) is 0 Å². The van der Waals surface area contributed by atoms with Gasteiger partial charge in [-0.25, -0.2) is 0 Å². The molecule has 0 unspecified atom stereocenters. The summed E-state index contributed by atoms with van der Waals surface area (Å²) in [5.74, 6) is 0. The van der Waals surface area contributed by atoms with Crippen molar-refractivity contribution in [3.8, 4) is 0 Å². The highest BCUT2D eigenvalue weighted by Gasteiger charge is 1.84. The predicted molar refractivity (Wildman–Crippen MR) is 37.0 cm³/mol. The van der Waals surface area contributed by atoms with Crippen LogP contribution in [0.1, 0.15) is 5.56 Å². The van der Waals surface area contributed by atoms with Gasteiger partial charge in [-0.2, -0.15) is 0 Å². The fourth-order valence-electron chi connectivity index (χ4n) is 0.658. The molecule has 0 heterocycles. The first kappa shape index (κ1) is 6.52. The highest BCUT2D eigenvalue weighted by atomic mass is 28.2. The fourth-order valence-corrected chi connectivity index (χ4v) is 0.824. The minimum absolute atomic E-state index is 0.623. The zero-order valence-corrected chi connectivity index (χ0v) is 6.00. The molecule has 9 heavy (non-hydrogen) atoms. The molecule has 0 aliphatic heterocycles. The van der Waals surface area contributed by atoms with Crippen LogP contribution >= 0.6 is 0 Å². The Morgan fingerprint density at radius 2 is 1.89 bits per heavy atom. The molecule has 0 aliphatic rings. The monoisotopic (exact) mass is 135 g/mol.